The molecular formula is C9H10F3NO. The zero-order valence-corrected chi connectivity index (χ0v) is 7.34. The Hall–Kier alpha value is -1.07. The van der Waals surface area contributed by atoms with Crippen molar-refractivity contribution in [1.82, 2.24) is 0 Å². The summed E-state index contributed by atoms with van der Waals surface area (Å²) in [6, 6.07) is 5.11. The summed E-state index contributed by atoms with van der Waals surface area (Å²) in [5.41, 5.74) is -0.0858. The Morgan fingerprint density at radius 1 is 1.29 bits per heavy atom. The predicted molar refractivity (Wildman–Crippen MR) is 45.3 cm³/mol. The first-order chi connectivity index (χ1) is 6.54. The predicted octanol–water partition coefficient (Wildman–Crippen LogP) is 2.14. The second-order valence-electron chi connectivity index (χ2n) is 2.82. The molecule has 0 saturated heterocycles. The Bertz CT molecular complexity index is 298. The average molecular weight is 205 g/mol. The van der Waals surface area contributed by atoms with Crippen molar-refractivity contribution in [3.05, 3.63) is 35.4 Å². The van der Waals surface area contributed by atoms with E-state index in [0.29, 0.717) is 12.0 Å². The van der Waals surface area contributed by atoms with Crippen molar-refractivity contribution in [3.8, 4) is 0 Å². The number of nitrogens with two attached hydrogens (primary N) is 1. The van der Waals surface area contributed by atoms with Crippen LogP contribution in [0.25, 0.3) is 0 Å². The second-order valence-corrected chi connectivity index (χ2v) is 2.82. The molecule has 0 unspecified atom stereocenters. The largest absolute Gasteiger partial charge is 0.416 e. The van der Waals surface area contributed by atoms with Gasteiger partial charge in [0.25, 0.3) is 0 Å². The molecule has 0 amide bonds. The van der Waals surface area contributed by atoms with Gasteiger partial charge < -0.3 is 4.84 Å². The Morgan fingerprint density at radius 2 is 2.00 bits per heavy atom. The van der Waals surface area contributed by atoms with Crippen LogP contribution in [0.1, 0.15) is 11.1 Å². The van der Waals surface area contributed by atoms with E-state index in [-0.39, 0.29) is 6.61 Å². The third-order valence-corrected chi connectivity index (χ3v) is 1.76. The van der Waals surface area contributed by atoms with Gasteiger partial charge in [0.05, 0.1) is 12.2 Å². The van der Waals surface area contributed by atoms with Gasteiger partial charge in [0, 0.05) is 0 Å². The van der Waals surface area contributed by atoms with Crippen LogP contribution in [0.5, 0.6) is 0 Å². The molecule has 1 aromatic carbocycles. The molecule has 1 aromatic rings. The third-order valence-electron chi connectivity index (χ3n) is 1.76. The maximum absolute atomic E-state index is 12.2. The molecule has 0 bridgehead atoms. The van der Waals surface area contributed by atoms with Gasteiger partial charge in [0.15, 0.2) is 0 Å². The quantitative estimate of drug-likeness (QED) is 0.767. The van der Waals surface area contributed by atoms with Crippen LogP contribution < -0.4 is 5.90 Å². The fourth-order valence-electron chi connectivity index (χ4n) is 1.08. The van der Waals surface area contributed by atoms with Gasteiger partial charge in [0.2, 0.25) is 0 Å². The average Bonchev–Trinajstić information content (AvgIpc) is 2.14. The zero-order chi connectivity index (χ0) is 10.6. The summed E-state index contributed by atoms with van der Waals surface area (Å²) in [5.74, 6) is 4.78. The number of rotatable bonds is 3. The van der Waals surface area contributed by atoms with E-state index in [0.717, 1.165) is 12.1 Å². The first kappa shape index (κ1) is 11.0. The monoisotopic (exact) mass is 205 g/mol. The highest BCUT2D eigenvalue weighted by molar-refractivity contribution is 5.25. The molecule has 5 heteroatoms. The Kier molecular flexibility index (Phi) is 3.49. The summed E-state index contributed by atoms with van der Waals surface area (Å²) in [6.07, 6.45) is -3.92. The first-order valence-electron chi connectivity index (χ1n) is 4.02. The maximum atomic E-state index is 12.2. The minimum absolute atomic E-state index is 0.210. The number of hydrogen-bond donors (Lipinski definition) is 1. The van der Waals surface area contributed by atoms with Crippen molar-refractivity contribution in [3.63, 3.8) is 0 Å². The molecule has 2 nitrogen and oxygen atoms in total. The Morgan fingerprint density at radius 3 is 2.57 bits per heavy atom. The summed E-state index contributed by atoms with van der Waals surface area (Å²) >= 11 is 0. The van der Waals surface area contributed by atoms with Crippen LogP contribution in [0, 0.1) is 0 Å². The van der Waals surface area contributed by atoms with E-state index >= 15 is 0 Å². The molecule has 0 heterocycles. The van der Waals surface area contributed by atoms with Crippen molar-refractivity contribution in [2.75, 3.05) is 6.61 Å². The lowest BCUT2D eigenvalue weighted by molar-refractivity contribution is -0.137. The summed E-state index contributed by atoms with van der Waals surface area (Å²) in [5, 5.41) is 0. The molecule has 78 valence electrons. The van der Waals surface area contributed by atoms with E-state index in [9.17, 15) is 13.2 Å². The molecule has 0 atom stereocenters. The van der Waals surface area contributed by atoms with Crippen LogP contribution >= 0.6 is 0 Å². The molecule has 1 rings (SSSR count). The third kappa shape index (κ3) is 3.01. The van der Waals surface area contributed by atoms with Crippen molar-refractivity contribution >= 4 is 0 Å². The summed E-state index contributed by atoms with van der Waals surface area (Å²) in [7, 11) is 0. The number of halogens is 3. The highest BCUT2D eigenvalue weighted by atomic mass is 19.4. The van der Waals surface area contributed by atoms with Crippen LogP contribution in [-0.4, -0.2) is 6.61 Å². The van der Waals surface area contributed by atoms with Crippen LogP contribution in [0.15, 0.2) is 24.3 Å². The van der Waals surface area contributed by atoms with Crippen molar-refractivity contribution in [2.45, 2.75) is 12.6 Å². The summed E-state index contributed by atoms with van der Waals surface area (Å²) in [6.45, 7) is 0.210. The molecule has 0 aliphatic heterocycles. The van der Waals surface area contributed by atoms with Crippen molar-refractivity contribution in [2.24, 2.45) is 5.90 Å². The van der Waals surface area contributed by atoms with Gasteiger partial charge in [-0.05, 0) is 18.1 Å². The Balaban J connectivity index is 2.79. The number of benzene rings is 1. The minimum atomic E-state index is -4.29. The van der Waals surface area contributed by atoms with E-state index in [1.54, 1.807) is 6.07 Å². The van der Waals surface area contributed by atoms with Crippen molar-refractivity contribution < 1.29 is 18.0 Å². The summed E-state index contributed by atoms with van der Waals surface area (Å²) < 4.78 is 36.7. The lowest BCUT2D eigenvalue weighted by Gasteiger charge is -2.08. The van der Waals surface area contributed by atoms with Gasteiger partial charge in [0.1, 0.15) is 0 Å². The number of hydrogen-bond acceptors (Lipinski definition) is 2. The molecule has 2 N–H and O–H groups in total. The van der Waals surface area contributed by atoms with Crippen LogP contribution in [-0.2, 0) is 17.4 Å². The molecule has 0 fully saturated rings. The molecule has 14 heavy (non-hydrogen) atoms. The molecule has 0 aliphatic carbocycles. The highest BCUT2D eigenvalue weighted by Gasteiger charge is 2.30. The topological polar surface area (TPSA) is 35.2 Å². The van der Waals surface area contributed by atoms with Gasteiger partial charge in [-0.3, -0.25) is 0 Å². The van der Waals surface area contributed by atoms with E-state index in [2.05, 4.69) is 4.84 Å². The summed E-state index contributed by atoms with van der Waals surface area (Å²) in [4.78, 5) is 4.29. The fraction of sp³-hybridized carbons (Fsp3) is 0.333. The van der Waals surface area contributed by atoms with Crippen LogP contribution in [0.2, 0.25) is 0 Å². The van der Waals surface area contributed by atoms with Gasteiger partial charge in [-0.25, -0.2) is 5.90 Å². The fourth-order valence-corrected chi connectivity index (χ4v) is 1.08. The molecule has 0 spiro atoms. The first-order valence-corrected chi connectivity index (χ1v) is 4.02. The minimum Gasteiger partial charge on any atom is -0.304 e. The van der Waals surface area contributed by atoms with E-state index in [1.807, 2.05) is 0 Å². The number of alkyl halides is 3. The molecular weight excluding hydrogens is 195 g/mol. The smallest absolute Gasteiger partial charge is 0.304 e. The van der Waals surface area contributed by atoms with Gasteiger partial charge in [-0.2, -0.15) is 13.2 Å². The lowest BCUT2D eigenvalue weighted by atomic mass is 10.1. The standard InChI is InChI=1S/C9H10F3NO/c10-9(11,12)8-3-1-2-7(6-8)4-5-14-13/h1-3,6H,4-5,13H2. The molecule has 0 aliphatic rings. The van der Waals surface area contributed by atoms with Crippen LogP contribution in [0.4, 0.5) is 13.2 Å². The Labute approximate surface area is 79.4 Å². The molecule has 0 aromatic heterocycles. The maximum Gasteiger partial charge on any atom is 0.416 e. The van der Waals surface area contributed by atoms with Gasteiger partial charge in [-0.1, -0.05) is 18.2 Å². The SMILES string of the molecule is NOCCc1cccc(C(F)(F)F)c1. The highest BCUT2D eigenvalue weighted by Crippen LogP contribution is 2.29. The van der Waals surface area contributed by atoms with E-state index < -0.39 is 11.7 Å². The molecule has 0 radical (unpaired) electrons. The normalized spacial score (nSPS) is 11.7. The van der Waals surface area contributed by atoms with Crippen LogP contribution in [0.3, 0.4) is 0 Å². The van der Waals surface area contributed by atoms with Gasteiger partial charge >= 0.3 is 6.18 Å². The molecule has 0 saturated carbocycles. The zero-order valence-electron chi connectivity index (χ0n) is 7.34. The van der Waals surface area contributed by atoms with E-state index in [1.165, 1.54) is 6.07 Å². The van der Waals surface area contributed by atoms with Crippen molar-refractivity contribution in [1.29, 1.82) is 0 Å². The second kappa shape index (κ2) is 4.43. The lowest BCUT2D eigenvalue weighted by Crippen LogP contribution is -2.07. The van der Waals surface area contributed by atoms with Gasteiger partial charge in [-0.15, -0.1) is 0 Å². The van der Waals surface area contributed by atoms with E-state index in [4.69, 9.17) is 5.90 Å².